The van der Waals surface area contributed by atoms with E-state index in [1.807, 2.05) is 18.2 Å². The number of benzene rings is 1. The Bertz CT molecular complexity index is 632. The van der Waals surface area contributed by atoms with Gasteiger partial charge in [0.15, 0.2) is 0 Å². The van der Waals surface area contributed by atoms with E-state index >= 15 is 0 Å². The number of halogens is 2. The third-order valence-corrected chi connectivity index (χ3v) is 4.95. The monoisotopic (exact) mass is 370 g/mol. The molecule has 2 aromatic rings. The summed E-state index contributed by atoms with van der Waals surface area (Å²) in [6.45, 7) is 4.69. The van der Waals surface area contributed by atoms with Crippen molar-refractivity contribution in [2.75, 3.05) is 19.6 Å². The molecule has 23 heavy (non-hydrogen) atoms. The Morgan fingerprint density at radius 2 is 2.13 bits per heavy atom. The lowest BCUT2D eigenvalue weighted by atomic mass is 10.1. The molecule has 0 bridgehead atoms. The van der Waals surface area contributed by atoms with Gasteiger partial charge in [0, 0.05) is 28.0 Å². The smallest absolute Gasteiger partial charge is 0.234 e. The minimum absolute atomic E-state index is 0.0356. The number of nitrogens with one attached hydrogen (secondary N) is 1. The van der Waals surface area contributed by atoms with E-state index in [0.29, 0.717) is 29.6 Å². The van der Waals surface area contributed by atoms with Crippen molar-refractivity contribution in [2.24, 2.45) is 0 Å². The molecular formula is C17H20Cl2N2OS. The summed E-state index contributed by atoms with van der Waals surface area (Å²) in [6, 6.07) is 9.55. The van der Waals surface area contributed by atoms with E-state index in [2.05, 4.69) is 28.6 Å². The molecule has 0 spiro atoms. The maximum Gasteiger partial charge on any atom is 0.234 e. The summed E-state index contributed by atoms with van der Waals surface area (Å²) < 4.78 is 0. The predicted molar refractivity (Wildman–Crippen MR) is 98.4 cm³/mol. The van der Waals surface area contributed by atoms with Crippen LogP contribution in [0, 0.1) is 0 Å². The number of likely N-dealkylation sites (N-methyl/N-ethyl adjacent to an activating group) is 1. The van der Waals surface area contributed by atoms with E-state index in [1.165, 1.54) is 4.88 Å². The fourth-order valence-corrected chi connectivity index (χ4v) is 3.47. The van der Waals surface area contributed by atoms with Gasteiger partial charge in [-0.05, 0) is 42.1 Å². The van der Waals surface area contributed by atoms with Crippen molar-refractivity contribution in [1.29, 1.82) is 0 Å². The Morgan fingerprint density at radius 3 is 2.78 bits per heavy atom. The van der Waals surface area contributed by atoms with Crippen molar-refractivity contribution in [3.63, 3.8) is 0 Å². The molecule has 1 N–H and O–H groups in total. The number of rotatable bonds is 8. The van der Waals surface area contributed by atoms with Gasteiger partial charge in [0.05, 0.1) is 6.54 Å². The van der Waals surface area contributed by atoms with Crippen LogP contribution in [-0.2, 0) is 17.8 Å². The van der Waals surface area contributed by atoms with Crippen LogP contribution in [0.4, 0.5) is 0 Å². The van der Waals surface area contributed by atoms with Crippen LogP contribution in [0.3, 0.4) is 0 Å². The van der Waals surface area contributed by atoms with Crippen molar-refractivity contribution >= 4 is 40.4 Å². The average molecular weight is 371 g/mol. The zero-order valence-corrected chi connectivity index (χ0v) is 15.3. The molecule has 0 unspecified atom stereocenters. The molecule has 1 aromatic heterocycles. The van der Waals surface area contributed by atoms with Crippen molar-refractivity contribution < 1.29 is 4.79 Å². The van der Waals surface area contributed by atoms with Gasteiger partial charge in [-0.3, -0.25) is 9.69 Å². The SMILES string of the molecule is CCN(CC(=O)NCCc1ccc(Cl)cc1Cl)Cc1cccs1. The largest absolute Gasteiger partial charge is 0.355 e. The fraction of sp³-hybridized carbons (Fsp3) is 0.353. The highest BCUT2D eigenvalue weighted by Crippen LogP contribution is 2.21. The van der Waals surface area contributed by atoms with E-state index in [1.54, 1.807) is 17.4 Å². The van der Waals surface area contributed by atoms with Crippen LogP contribution in [-0.4, -0.2) is 30.4 Å². The van der Waals surface area contributed by atoms with Gasteiger partial charge in [-0.15, -0.1) is 11.3 Å². The molecule has 0 fully saturated rings. The molecule has 2 rings (SSSR count). The highest BCUT2D eigenvalue weighted by atomic mass is 35.5. The van der Waals surface area contributed by atoms with Gasteiger partial charge in [-0.2, -0.15) is 0 Å². The molecule has 0 saturated carbocycles. The van der Waals surface area contributed by atoms with E-state index in [9.17, 15) is 4.79 Å². The number of hydrogen-bond donors (Lipinski definition) is 1. The second-order valence-corrected chi connectivity index (χ2v) is 7.09. The summed E-state index contributed by atoms with van der Waals surface area (Å²) in [7, 11) is 0. The van der Waals surface area contributed by atoms with E-state index in [0.717, 1.165) is 18.7 Å². The van der Waals surface area contributed by atoms with E-state index in [4.69, 9.17) is 23.2 Å². The topological polar surface area (TPSA) is 32.3 Å². The summed E-state index contributed by atoms with van der Waals surface area (Å²) >= 11 is 13.7. The van der Waals surface area contributed by atoms with Gasteiger partial charge in [0.2, 0.25) is 5.91 Å². The van der Waals surface area contributed by atoms with E-state index < -0.39 is 0 Å². The highest BCUT2D eigenvalue weighted by molar-refractivity contribution is 7.09. The molecule has 3 nitrogen and oxygen atoms in total. The minimum atomic E-state index is 0.0356. The number of carbonyl (C=O) groups excluding carboxylic acids is 1. The minimum Gasteiger partial charge on any atom is -0.355 e. The Hall–Kier alpha value is -1.07. The van der Waals surface area contributed by atoms with Crippen molar-refractivity contribution in [3.8, 4) is 0 Å². The first kappa shape index (κ1) is 18.3. The third kappa shape index (κ3) is 6.15. The molecule has 1 aromatic carbocycles. The second-order valence-electron chi connectivity index (χ2n) is 5.22. The molecular weight excluding hydrogens is 351 g/mol. The Labute approximate surface area is 151 Å². The summed E-state index contributed by atoms with van der Waals surface area (Å²) in [5, 5.41) is 6.26. The average Bonchev–Trinajstić information content (AvgIpc) is 3.01. The summed E-state index contributed by atoms with van der Waals surface area (Å²) in [4.78, 5) is 15.5. The van der Waals surface area contributed by atoms with Crippen LogP contribution in [0.25, 0.3) is 0 Å². The summed E-state index contributed by atoms with van der Waals surface area (Å²) in [5.41, 5.74) is 0.988. The molecule has 0 aliphatic heterocycles. The molecule has 6 heteroatoms. The molecule has 0 radical (unpaired) electrons. The second kappa shape index (κ2) is 9.28. The third-order valence-electron chi connectivity index (χ3n) is 3.51. The van der Waals surface area contributed by atoms with Crippen LogP contribution in [0.5, 0.6) is 0 Å². The van der Waals surface area contributed by atoms with Crippen LogP contribution in [0.2, 0.25) is 10.0 Å². The van der Waals surface area contributed by atoms with Gasteiger partial charge in [0.1, 0.15) is 0 Å². The standard InChI is InChI=1S/C17H20Cl2N2OS/c1-2-21(11-15-4-3-9-23-15)12-17(22)20-8-7-13-5-6-14(18)10-16(13)19/h3-6,9-10H,2,7-8,11-12H2,1H3,(H,20,22). The molecule has 0 atom stereocenters. The number of amides is 1. The zero-order chi connectivity index (χ0) is 16.7. The molecule has 1 heterocycles. The van der Waals surface area contributed by atoms with Crippen molar-refractivity contribution in [2.45, 2.75) is 19.9 Å². The van der Waals surface area contributed by atoms with Crippen LogP contribution in [0.1, 0.15) is 17.4 Å². The number of hydrogen-bond acceptors (Lipinski definition) is 3. The highest BCUT2D eigenvalue weighted by Gasteiger charge is 2.10. The molecule has 124 valence electrons. The van der Waals surface area contributed by atoms with Crippen molar-refractivity contribution in [3.05, 3.63) is 56.2 Å². The van der Waals surface area contributed by atoms with E-state index in [-0.39, 0.29) is 5.91 Å². The van der Waals surface area contributed by atoms with Gasteiger partial charge in [0.25, 0.3) is 0 Å². The van der Waals surface area contributed by atoms with Crippen molar-refractivity contribution in [1.82, 2.24) is 10.2 Å². The number of thiophene rings is 1. The van der Waals surface area contributed by atoms with Gasteiger partial charge in [-0.1, -0.05) is 42.3 Å². The first-order valence-corrected chi connectivity index (χ1v) is 9.17. The normalized spacial score (nSPS) is 11.0. The molecule has 0 saturated heterocycles. The molecule has 0 aliphatic carbocycles. The molecule has 1 amide bonds. The van der Waals surface area contributed by atoms with Gasteiger partial charge in [-0.25, -0.2) is 0 Å². The Kier molecular flexibility index (Phi) is 7.37. The van der Waals surface area contributed by atoms with Crippen LogP contribution in [0.15, 0.2) is 35.7 Å². The maximum atomic E-state index is 12.1. The maximum absolute atomic E-state index is 12.1. The summed E-state index contributed by atoms with van der Waals surface area (Å²) in [6.07, 6.45) is 0.693. The van der Waals surface area contributed by atoms with Gasteiger partial charge >= 0.3 is 0 Å². The van der Waals surface area contributed by atoms with Crippen LogP contribution < -0.4 is 5.32 Å². The Morgan fingerprint density at radius 1 is 1.30 bits per heavy atom. The number of nitrogens with zero attached hydrogens (tertiary/aromatic N) is 1. The summed E-state index contributed by atoms with van der Waals surface area (Å²) in [5.74, 6) is 0.0356. The zero-order valence-electron chi connectivity index (χ0n) is 13.0. The lowest BCUT2D eigenvalue weighted by Crippen LogP contribution is -2.37. The van der Waals surface area contributed by atoms with Crippen LogP contribution >= 0.6 is 34.5 Å². The fourth-order valence-electron chi connectivity index (χ4n) is 2.22. The quantitative estimate of drug-likeness (QED) is 0.753. The molecule has 0 aliphatic rings. The first-order valence-electron chi connectivity index (χ1n) is 7.54. The van der Waals surface area contributed by atoms with Gasteiger partial charge < -0.3 is 5.32 Å². The first-order chi connectivity index (χ1) is 11.1. The predicted octanol–water partition coefficient (Wildman–Crippen LogP) is 4.24. The number of carbonyl (C=O) groups is 1. The lowest BCUT2D eigenvalue weighted by Gasteiger charge is -2.19. The lowest BCUT2D eigenvalue weighted by molar-refractivity contribution is -0.122. The Balaban J connectivity index is 1.75.